The number of sulfonamides is 1. The van der Waals surface area contributed by atoms with Gasteiger partial charge in [0.25, 0.3) is 15.7 Å². The molecule has 0 radical (unpaired) electrons. The van der Waals surface area contributed by atoms with E-state index >= 15 is 4.39 Å². The molecule has 0 aromatic heterocycles. The number of anilines is 1. The molecule has 0 heterocycles. The van der Waals surface area contributed by atoms with Gasteiger partial charge in [0.15, 0.2) is 0 Å². The first-order valence-electron chi connectivity index (χ1n) is 16.9. The van der Waals surface area contributed by atoms with Gasteiger partial charge in [-0.2, -0.15) is 0 Å². The third-order valence-electron chi connectivity index (χ3n) is 9.17. The van der Waals surface area contributed by atoms with Gasteiger partial charge in [-0.25, -0.2) is 12.8 Å². The van der Waals surface area contributed by atoms with Crippen molar-refractivity contribution < 1.29 is 32.1 Å². The summed E-state index contributed by atoms with van der Waals surface area (Å²) in [6.45, 7) is 0.219. The molecular weight excluding hydrogens is 711 g/mol. The Morgan fingerprint density at radius 3 is 2.37 bits per heavy atom. The fourth-order valence-corrected chi connectivity index (χ4v) is 7.96. The standard InChI is InChI=1S/C38H40ClFN4O7S/c1-26-17-19-31(23-33(26)44(47)48)52(49,50)43(34-22-29(39)18-20-36(34)51-2)25-37(45)42(24-28-13-9-10-16-32(28)40)35(21-27-11-5-3-6-12-27)38(46)41-30-14-7-4-8-15-30/h3,5-6,9-13,16-20,22-23,30,35H,4,7-8,14-15,21,24-25H2,1-2H3,(H,41,46). The summed E-state index contributed by atoms with van der Waals surface area (Å²) in [6.07, 6.45) is 4.54. The van der Waals surface area contributed by atoms with Crippen LogP contribution in [-0.4, -0.2) is 55.8 Å². The molecule has 1 saturated carbocycles. The maximum atomic E-state index is 15.3. The maximum absolute atomic E-state index is 15.3. The molecule has 0 aliphatic heterocycles. The molecule has 1 fully saturated rings. The fraction of sp³-hybridized carbons (Fsp3) is 0.316. The van der Waals surface area contributed by atoms with Crippen molar-refractivity contribution in [2.24, 2.45) is 0 Å². The number of nitro benzene ring substituents is 1. The van der Waals surface area contributed by atoms with Crippen LogP contribution < -0.4 is 14.4 Å². The number of amides is 2. The van der Waals surface area contributed by atoms with E-state index in [9.17, 15) is 28.1 Å². The summed E-state index contributed by atoms with van der Waals surface area (Å²) in [7, 11) is -3.43. The molecule has 1 unspecified atom stereocenters. The second-order valence-electron chi connectivity index (χ2n) is 12.7. The van der Waals surface area contributed by atoms with Gasteiger partial charge < -0.3 is 15.0 Å². The summed E-state index contributed by atoms with van der Waals surface area (Å²) in [5.41, 5.74) is 0.516. The number of aryl methyl sites for hydroxylation is 1. The summed E-state index contributed by atoms with van der Waals surface area (Å²) in [5.74, 6) is -1.86. The smallest absolute Gasteiger partial charge is 0.273 e. The van der Waals surface area contributed by atoms with Gasteiger partial charge in [-0.15, -0.1) is 0 Å². The van der Waals surface area contributed by atoms with Gasteiger partial charge in [0.1, 0.15) is 24.2 Å². The Hall–Kier alpha value is -5.01. The van der Waals surface area contributed by atoms with E-state index in [1.165, 1.54) is 67.5 Å². The van der Waals surface area contributed by atoms with Crippen molar-refractivity contribution in [2.75, 3.05) is 18.0 Å². The fourth-order valence-electron chi connectivity index (χ4n) is 6.35. The molecular formula is C38H40ClFN4O7S. The second-order valence-corrected chi connectivity index (χ2v) is 15.0. The van der Waals surface area contributed by atoms with Gasteiger partial charge in [0.2, 0.25) is 11.8 Å². The summed E-state index contributed by atoms with van der Waals surface area (Å²) in [5, 5.41) is 15.0. The average Bonchev–Trinajstić information content (AvgIpc) is 3.13. The van der Waals surface area contributed by atoms with E-state index in [2.05, 4.69) is 5.32 Å². The van der Waals surface area contributed by atoms with Gasteiger partial charge >= 0.3 is 0 Å². The molecule has 14 heteroatoms. The predicted molar refractivity (Wildman–Crippen MR) is 196 cm³/mol. The monoisotopic (exact) mass is 750 g/mol. The van der Waals surface area contributed by atoms with Crippen LogP contribution in [0.2, 0.25) is 5.02 Å². The molecule has 52 heavy (non-hydrogen) atoms. The van der Waals surface area contributed by atoms with E-state index in [4.69, 9.17) is 16.3 Å². The minimum absolute atomic E-state index is 0.0407. The number of nitro groups is 1. The molecule has 4 aromatic rings. The zero-order valence-electron chi connectivity index (χ0n) is 28.8. The first-order valence-corrected chi connectivity index (χ1v) is 18.7. The number of halogens is 2. The SMILES string of the molecule is COc1ccc(Cl)cc1N(CC(=O)N(Cc1ccccc1F)C(Cc1ccccc1)C(=O)NC1CCCCC1)S(=O)(=O)c1ccc(C)c([N+](=O)[O-])c1. The third-order valence-corrected chi connectivity index (χ3v) is 11.2. The van der Waals surface area contributed by atoms with Crippen LogP contribution in [0.3, 0.4) is 0 Å². The first kappa shape index (κ1) is 38.2. The molecule has 5 rings (SSSR count). The Morgan fingerprint density at radius 2 is 1.69 bits per heavy atom. The van der Waals surface area contributed by atoms with Crippen molar-refractivity contribution in [1.29, 1.82) is 0 Å². The lowest BCUT2D eigenvalue weighted by molar-refractivity contribution is -0.385. The van der Waals surface area contributed by atoms with E-state index in [1.807, 2.05) is 18.2 Å². The van der Waals surface area contributed by atoms with Crippen LogP contribution >= 0.6 is 11.6 Å². The first-order chi connectivity index (χ1) is 24.9. The molecule has 11 nitrogen and oxygen atoms in total. The highest BCUT2D eigenvalue weighted by atomic mass is 35.5. The molecule has 1 aliphatic carbocycles. The molecule has 1 N–H and O–H groups in total. The van der Waals surface area contributed by atoms with Gasteiger partial charge in [-0.1, -0.05) is 85.5 Å². The molecule has 1 aliphatic rings. The quantitative estimate of drug-likeness (QED) is 0.108. The number of rotatable bonds is 14. The summed E-state index contributed by atoms with van der Waals surface area (Å²) in [4.78, 5) is 40.9. The predicted octanol–water partition coefficient (Wildman–Crippen LogP) is 6.99. The lowest BCUT2D eigenvalue weighted by Crippen LogP contribution is -2.55. The van der Waals surface area contributed by atoms with Crippen molar-refractivity contribution >= 4 is 44.8 Å². The number of nitrogens with zero attached hydrogens (tertiary/aromatic N) is 3. The van der Waals surface area contributed by atoms with E-state index in [0.717, 1.165) is 48.0 Å². The number of hydrogen-bond acceptors (Lipinski definition) is 7. The van der Waals surface area contributed by atoms with E-state index in [-0.39, 0.29) is 46.6 Å². The Morgan fingerprint density at radius 1 is 1.00 bits per heavy atom. The molecule has 0 saturated heterocycles. The number of hydrogen-bond donors (Lipinski definition) is 1. The third kappa shape index (κ3) is 9.07. The number of ether oxygens (including phenoxy) is 1. The topological polar surface area (TPSA) is 139 Å². The zero-order chi connectivity index (χ0) is 37.4. The highest BCUT2D eigenvalue weighted by molar-refractivity contribution is 7.92. The molecule has 4 aromatic carbocycles. The lowest BCUT2D eigenvalue weighted by atomic mass is 9.94. The van der Waals surface area contributed by atoms with E-state index in [1.54, 1.807) is 18.2 Å². The summed E-state index contributed by atoms with van der Waals surface area (Å²) >= 11 is 6.34. The van der Waals surface area contributed by atoms with Crippen LogP contribution in [0.4, 0.5) is 15.8 Å². The summed E-state index contributed by atoms with van der Waals surface area (Å²) < 4.78 is 50.5. The lowest BCUT2D eigenvalue weighted by Gasteiger charge is -2.35. The number of nitrogens with one attached hydrogen (secondary N) is 1. The molecule has 2 amide bonds. The number of methoxy groups -OCH3 is 1. The molecule has 1 atom stereocenters. The maximum Gasteiger partial charge on any atom is 0.273 e. The highest BCUT2D eigenvalue weighted by Crippen LogP contribution is 2.36. The second kappa shape index (κ2) is 17.0. The van der Waals surface area contributed by atoms with Gasteiger partial charge in [-0.3, -0.25) is 24.0 Å². The van der Waals surface area contributed by atoms with Crippen LogP contribution in [-0.2, 0) is 32.6 Å². The number of carbonyl (C=O) groups excluding carboxylic acids is 2. The van der Waals surface area contributed by atoms with Crippen molar-refractivity contribution in [3.05, 3.63) is 129 Å². The normalized spacial score (nSPS) is 13.9. The minimum atomic E-state index is -4.75. The van der Waals surface area contributed by atoms with Gasteiger partial charge in [0.05, 0.1) is 22.6 Å². The van der Waals surface area contributed by atoms with Crippen LogP contribution in [0.15, 0.2) is 95.9 Å². The van der Waals surface area contributed by atoms with Crippen LogP contribution in [0.5, 0.6) is 5.75 Å². The Bertz CT molecular complexity index is 2030. The largest absolute Gasteiger partial charge is 0.495 e. The van der Waals surface area contributed by atoms with Crippen LogP contribution in [0, 0.1) is 22.9 Å². The van der Waals surface area contributed by atoms with E-state index in [0.29, 0.717) is 0 Å². The van der Waals surface area contributed by atoms with Crippen LogP contribution in [0.25, 0.3) is 0 Å². The minimum Gasteiger partial charge on any atom is -0.495 e. The molecule has 0 spiro atoms. The zero-order valence-corrected chi connectivity index (χ0v) is 30.4. The van der Waals surface area contributed by atoms with E-state index < -0.39 is 55.7 Å². The van der Waals surface area contributed by atoms with Gasteiger partial charge in [-0.05, 0) is 55.7 Å². The van der Waals surface area contributed by atoms with Crippen molar-refractivity contribution in [1.82, 2.24) is 10.2 Å². The van der Waals surface area contributed by atoms with Crippen molar-refractivity contribution in [3.8, 4) is 5.75 Å². The summed E-state index contributed by atoms with van der Waals surface area (Å²) in [6, 6.07) is 21.2. The average molecular weight is 751 g/mol. The number of benzene rings is 4. The Balaban J connectivity index is 1.64. The van der Waals surface area contributed by atoms with Crippen LogP contribution in [0.1, 0.15) is 48.8 Å². The highest BCUT2D eigenvalue weighted by Gasteiger charge is 2.37. The number of carbonyl (C=O) groups is 2. The Labute approximate surface area is 307 Å². The Kier molecular flexibility index (Phi) is 12.5. The molecule has 0 bridgehead atoms. The van der Waals surface area contributed by atoms with Gasteiger partial charge in [0, 0.05) is 41.2 Å². The molecule has 274 valence electrons. The van der Waals surface area contributed by atoms with Crippen molar-refractivity contribution in [3.63, 3.8) is 0 Å². The van der Waals surface area contributed by atoms with Crippen molar-refractivity contribution in [2.45, 2.75) is 69.0 Å².